The molecule has 1 aromatic carbocycles. The highest BCUT2D eigenvalue weighted by atomic mass is 16.5. The van der Waals surface area contributed by atoms with E-state index in [0.29, 0.717) is 0 Å². The second-order valence-corrected chi connectivity index (χ2v) is 4.25. The zero-order valence-electron chi connectivity index (χ0n) is 11.1. The Labute approximate surface area is 99.0 Å². The summed E-state index contributed by atoms with van der Waals surface area (Å²) in [6.45, 7) is 10.6. The lowest BCUT2D eigenvalue weighted by Gasteiger charge is -2.16. The van der Waals surface area contributed by atoms with Crippen molar-refractivity contribution in [2.45, 2.75) is 34.1 Å². The van der Waals surface area contributed by atoms with E-state index in [4.69, 9.17) is 4.74 Å². The van der Waals surface area contributed by atoms with Gasteiger partial charge in [0.15, 0.2) is 0 Å². The SMILES string of the molecule is CCNCCc1c(C)cc(C)c(C)c1OC. The highest BCUT2D eigenvalue weighted by Crippen LogP contribution is 2.29. The van der Waals surface area contributed by atoms with Gasteiger partial charge in [0.2, 0.25) is 0 Å². The predicted octanol–water partition coefficient (Wildman–Crippen LogP) is 2.77. The summed E-state index contributed by atoms with van der Waals surface area (Å²) in [5.41, 5.74) is 5.24. The smallest absolute Gasteiger partial charge is 0.125 e. The van der Waals surface area contributed by atoms with Crippen molar-refractivity contribution in [1.29, 1.82) is 0 Å². The van der Waals surface area contributed by atoms with Crippen LogP contribution in [-0.2, 0) is 6.42 Å². The van der Waals surface area contributed by atoms with Crippen molar-refractivity contribution in [2.75, 3.05) is 20.2 Å². The molecule has 0 atom stereocenters. The molecule has 2 heteroatoms. The quantitative estimate of drug-likeness (QED) is 0.772. The Morgan fingerprint density at radius 3 is 2.44 bits per heavy atom. The lowest BCUT2D eigenvalue weighted by atomic mass is 9.97. The molecule has 0 heterocycles. The van der Waals surface area contributed by atoms with Crippen molar-refractivity contribution >= 4 is 0 Å². The molecule has 1 aromatic rings. The lowest BCUT2D eigenvalue weighted by Crippen LogP contribution is -2.17. The molecule has 0 aliphatic rings. The van der Waals surface area contributed by atoms with Crippen molar-refractivity contribution in [2.24, 2.45) is 0 Å². The molecule has 0 radical (unpaired) electrons. The fraction of sp³-hybridized carbons (Fsp3) is 0.571. The van der Waals surface area contributed by atoms with Crippen LogP contribution in [0.15, 0.2) is 6.07 Å². The molecular weight excluding hydrogens is 198 g/mol. The number of aryl methyl sites for hydroxylation is 2. The van der Waals surface area contributed by atoms with E-state index in [0.717, 1.165) is 25.3 Å². The minimum Gasteiger partial charge on any atom is -0.496 e. The third-order valence-corrected chi connectivity index (χ3v) is 3.12. The van der Waals surface area contributed by atoms with Crippen molar-refractivity contribution in [3.63, 3.8) is 0 Å². The van der Waals surface area contributed by atoms with E-state index in [9.17, 15) is 0 Å². The van der Waals surface area contributed by atoms with Gasteiger partial charge in [-0.05, 0) is 62.5 Å². The molecule has 0 unspecified atom stereocenters. The largest absolute Gasteiger partial charge is 0.496 e. The van der Waals surface area contributed by atoms with Crippen LogP contribution in [-0.4, -0.2) is 20.2 Å². The van der Waals surface area contributed by atoms with Crippen LogP contribution in [0.3, 0.4) is 0 Å². The first-order chi connectivity index (χ1) is 7.61. The van der Waals surface area contributed by atoms with E-state index >= 15 is 0 Å². The summed E-state index contributed by atoms with van der Waals surface area (Å²) in [5.74, 6) is 1.07. The summed E-state index contributed by atoms with van der Waals surface area (Å²) in [6.07, 6.45) is 1.03. The van der Waals surface area contributed by atoms with Gasteiger partial charge >= 0.3 is 0 Å². The van der Waals surface area contributed by atoms with Gasteiger partial charge in [0.1, 0.15) is 5.75 Å². The van der Waals surface area contributed by atoms with Crippen LogP contribution in [0.1, 0.15) is 29.2 Å². The Balaban J connectivity index is 3.01. The average Bonchev–Trinajstić information content (AvgIpc) is 2.26. The van der Waals surface area contributed by atoms with E-state index in [1.807, 2.05) is 0 Å². The molecule has 0 aliphatic carbocycles. The Bertz CT molecular complexity index is 358. The number of benzene rings is 1. The fourth-order valence-electron chi connectivity index (χ4n) is 2.08. The zero-order valence-corrected chi connectivity index (χ0v) is 11.1. The van der Waals surface area contributed by atoms with Crippen LogP contribution >= 0.6 is 0 Å². The molecule has 0 aliphatic heterocycles. The van der Waals surface area contributed by atoms with Crippen molar-refractivity contribution in [3.05, 3.63) is 28.3 Å². The second kappa shape index (κ2) is 5.90. The van der Waals surface area contributed by atoms with Crippen LogP contribution in [0.2, 0.25) is 0 Å². The highest BCUT2D eigenvalue weighted by Gasteiger charge is 2.11. The molecule has 0 aromatic heterocycles. The summed E-state index contributed by atoms with van der Waals surface area (Å²) in [6, 6.07) is 2.25. The molecule has 90 valence electrons. The molecule has 0 bridgehead atoms. The molecule has 0 spiro atoms. The summed E-state index contributed by atoms with van der Waals surface area (Å²) in [4.78, 5) is 0. The first-order valence-electron chi connectivity index (χ1n) is 5.96. The maximum Gasteiger partial charge on any atom is 0.125 e. The third kappa shape index (κ3) is 2.76. The minimum absolute atomic E-state index is 1.01. The summed E-state index contributed by atoms with van der Waals surface area (Å²) >= 11 is 0. The van der Waals surface area contributed by atoms with Crippen molar-refractivity contribution in [1.82, 2.24) is 5.32 Å². The first kappa shape index (κ1) is 13.0. The monoisotopic (exact) mass is 221 g/mol. The van der Waals surface area contributed by atoms with E-state index in [2.05, 4.69) is 39.1 Å². The van der Waals surface area contributed by atoms with Gasteiger partial charge in [0.25, 0.3) is 0 Å². The summed E-state index contributed by atoms with van der Waals surface area (Å²) in [5, 5.41) is 3.35. The second-order valence-electron chi connectivity index (χ2n) is 4.25. The number of ether oxygens (including phenoxy) is 1. The molecule has 16 heavy (non-hydrogen) atoms. The van der Waals surface area contributed by atoms with Crippen molar-refractivity contribution < 1.29 is 4.74 Å². The van der Waals surface area contributed by atoms with Gasteiger partial charge in [-0.2, -0.15) is 0 Å². The number of nitrogens with one attached hydrogen (secondary N) is 1. The summed E-state index contributed by atoms with van der Waals surface area (Å²) in [7, 11) is 1.76. The molecule has 1 rings (SSSR count). The van der Waals surface area contributed by atoms with Gasteiger partial charge in [0, 0.05) is 0 Å². The molecule has 0 saturated heterocycles. The van der Waals surface area contributed by atoms with Gasteiger partial charge in [-0.25, -0.2) is 0 Å². The van der Waals surface area contributed by atoms with Gasteiger partial charge in [0.05, 0.1) is 7.11 Å². The number of hydrogen-bond acceptors (Lipinski definition) is 2. The summed E-state index contributed by atoms with van der Waals surface area (Å²) < 4.78 is 5.54. The number of likely N-dealkylation sites (N-methyl/N-ethyl adjacent to an activating group) is 1. The third-order valence-electron chi connectivity index (χ3n) is 3.12. The Kier molecular flexibility index (Phi) is 4.81. The van der Waals surface area contributed by atoms with Crippen LogP contribution in [0, 0.1) is 20.8 Å². The van der Waals surface area contributed by atoms with E-state index in [1.165, 1.54) is 22.3 Å². The maximum absolute atomic E-state index is 5.54. The minimum atomic E-state index is 1.01. The van der Waals surface area contributed by atoms with Crippen LogP contribution in [0.25, 0.3) is 0 Å². The molecule has 0 amide bonds. The van der Waals surface area contributed by atoms with E-state index < -0.39 is 0 Å². The van der Waals surface area contributed by atoms with Gasteiger partial charge in [-0.15, -0.1) is 0 Å². The van der Waals surface area contributed by atoms with Crippen LogP contribution in [0.5, 0.6) is 5.75 Å². The zero-order chi connectivity index (χ0) is 12.1. The molecule has 2 nitrogen and oxygen atoms in total. The lowest BCUT2D eigenvalue weighted by molar-refractivity contribution is 0.405. The van der Waals surface area contributed by atoms with Crippen LogP contribution < -0.4 is 10.1 Å². The van der Waals surface area contributed by atoms with Crippen molar-refractivity contribution in [3.8, 4) is 5.75 Å². The Hall–Kier alpha value is -1.02. The molecule has 1 N–H and O–H groups in total. The fourth-order valence-corrected chi connectivity index (χ4v) is 2.08. The highest BCUT2D eigenvalue weighted by molar-refractivity contribution is 5.49. The Morgan fingerprint density at radius 2 is 1.88 bits per heavy atom. The number of methoxy groups -OCH3 is 1. The predicted molar refractivity (Wildman–Crippen MR) is 69.5 cm³/mol. The van der Waals surface area contributed by atoms with Gasteiger partial charge in [-0.3, -0.25) is 0 Å². The number of rotatable bonds is 5. The maximum atomic E-state index is 5.54. The van der Waals surface area contributed by atoms with E-state index in [-0.39, 0.29) is 0 Å². The average molecular weight is 221 g/mol. The standard InChI is InChI=1S/C14H23NO/c1-6-15-8-7-13-11(3)9-10(2)12(4)14(13)16-5/h9,15H,6-8H2,1-5H3. The van der Waals surface area contributed by atoms with Crippen LogP contribution in [0.4, 0.5) is 0 Å². The van der Waals surface area contributed by atoms with E-state index in [1.54, 1.807) is 7.11 Å². The van der Waals surface area contributed by atoms with Gasteiger partial charge in [-0.1, -0.05) is 13.0 Å². The topological polar surface area (TPSA) is 21.3 Å². The molecule has 0 saturated carbocycles. The molecular formula is C14H23NO. The number of hydrogen-bond donors (Lipinski definition) is 1. The Morgan fingerprint density at radius 1 is 1.19 bits per heavy atom. The van der Waals surface area contributed by atoms with Gasteiger partial charge < -0.3 is 10.1 Å². The molecule has 0 fully saturated rings. The first-order valence-corrected chi connectivity index (χ1v) is 5.96. The normalized spacial score (nSPS) is 10.6.